The highest BCUT2D eigenvalue weighted by Gasteiger charge is 2.31. The van der Waals surface area contributed by atoms with E-state index in [2.05, 4.69) is 59.9 Å². The van der Waals surface area contributed by atoms with Crippen molar-refractivity contribution in [3.05, 3.63) is 68.9 Å². The van der Waals surface area contributed by atoms with E-state index < -0.39 is 0 Å². The van der Waals surface area contributed by atoms with Crippen molar-refractivity contribution in [3.63, 3.8) is 0 Å². The van der Waals surface area contributed by atoms with Gasteiger partial charge in [-0.15, -0.1) is 0 Å². The molecule has 0 aliphatic carbocycles. The van der Waals surface area contributed by atoms with Crippen LogP contribution in [0.3, 0.4) is 0 Å². The second-order valence-electron chi connectivity index (χ2n) is 4.94. The molecule has 0 saturated heterocycles. The standard InChI is InChI=1S/C16H13Br3ClF/c17-9-16(10-18,12-4-6-13(19)7-5-12)8-11-2-1-3-14(21)15(11)20/h1-7H,8-10H2. The van der Waals surface area contributed by atoms with Crippen LogP contribution in [-0.2, 0) is 11.8 Å². The van der Waals surface area contributed by atoms with Crippen molar-refractivity contribution in [2.75, 3.05) is 10.7 Å². The maximum atomic E-state index is 13.7. The molecule has 0 N–H and O–H groups in total. The zero-order chi connectivity index (χ0) is 15.5. The minimum Gasteiger partial charge on any atom is -0.205 e. The second-order valence-corrected chi connectivity index (χ2v) is 7.36. The van der Waals surface area contributed by atoms with Gasteiger partial charge in [-0.2, -0.15) is 0 Å². The predicted octanol–water partition coefficient (Wildman–Crippen LogP) is 6.51. The number of halogens is 5. The third-order valence-corrected chi connectivity index (χ3v) is 6.63. The van der Waals surface area contributed by atoms with E-state index in [0.717, 1.165) is 20.7 Å². The van der Waals surface area contributed by atoms with Crippen LogP contribution in [0.2, 0.25) is 5.02 Å². The third-order valence-electron chi connectivity index (χ3n) is 3.53. The second kappa shape index (κ2) is 7.58. The zero-order valence-corrected chi connectivity index (χ0v) is 16.6. The van der Waals surface area contributed by atoms with Crippen molar-refractivity contribution in [2.45, 2.75) is 11.8 Å². The molecule has 2 rings (SSSR count). The molecule has 0 aliphatic rings. The molecule has 2 aromatic carbocycles. The van der Waals surface area contributed by atoms with Gasteiger partial charge in [0.25, 0.3) is 0 Å². The molecular formula is C16H13Br3ClF. The van der Waals surface area contributed by atoms with E-state index in [1.54, 1.807) is 6.07 Å². The van der Waals surface area contributed by atoms with E-state index in [0.29, 0.717) is 6.42 Å². The van der Waals surface area contributed by atoms with E-state index in [1.165, 1.54) is 11.6 Å². The quantitative estimate of drug-likeness (QED) is 0.412. The molecule has 0 bridgehead atoms. The van der Waals surface area contributed by atoms with Crippen LogP contribution in [0.1, 0.15) is 11.1 Å². The number of hydrogen-bond acceptors (Lipinski definition) is 0. The summed E-state index contributed by atoms with van der Waals surface area (Å²) in [7, 11) is 0. The Kier molecular flexibility index (Phi) is 6.30. The molecule has 0 atom stereocenters. The lowest BCUT2D eigenvalue weighted by molar-refractivity contribution is 0.547. The monoisotopic (exact) mass is 496 g/mol. The van der Waals surface area contributed by atoms with Crippen molar-refractivity contribution in [1.82, 2.24) is 0 Å². The molecule has 0 nitrogen and oxygen atoms in total. The van der Waals surface area contributed by atoms with Crippen LogP contribution in [0.5, 0.6) is 0 Å². The van der Waals surface area contributed by atoms with Gasteiger partial charge >= 0.3 is 0 Å². The average molecular weight is 499 g/mol. The van der Waals surface area contributed by atoms with Gasteiger partial charge in [-0.05, 0) is 35.7 Å². The molecule has 112 valence electrons. The molecule has 0 saturated carbocycles. The van der Waals surface area contributed by atoms with Gasteiger partial charge in [0.15, 0.2) is 0 Å². The van der Waals surface area contributed by atoms with Crippen LogP contribution in [0.4, 0.5) is 4.39 Å². The van der Waals surface area contributed by atoms with Crippen LogP contribution >= 0.6 is 59.4 Å². The Morgan fingerprint density at radius 2 is 1.62 bits per heavy atom. The average Bonchev–Trinajstić information content (AvgIpc) is 2.50. The first-order valence-electron chi connectivity index (χ1n) is 6.33. The summed E-state index contributed by atoms with van der Waals surface area (Å²) in [5.74, 6) is -0.372. The summed E-state index contributed by atoms with van der Waals surface area (Å²) in [6, 6.07) is 13.2. The van der Waals surface area contributed by atoms with Crippen LogP contribution in [0.15, 0.2) is 46.9 Å². The summed E-state index contributed by atoms with van der Waals surface area (Å²) in [6.07, 6.45) is 0.654. The molecule has 2 aromatic rings. The van der Waals surface area contributed by atoms with Crippen LogP contribution < -0.4 is 0 Å². The lowest BCUT2D eigenvalue weighted by atomic mass is 9.79. The van der Waals surface area contributed by atoms with Crippen molar-refractivity contribution >= 4 is 59.4 Å². The van der Waals surface area contributed by atoms with Crippen LogP contribution in [-0.4, -0.2) is 10.7 Å². The Bertz CT molecular complexity index is 609. The van der Waals surface area contributed by atoms with Gasteiger partial charge < -0.3 is 0 Å². The lowest BCUT2D eigenvalue weighted by Crippen LogP contribution is -2.33. The zero-order valence-electron chi connectivity index (χ0n) is 11.1. The molecule has 0 aromatic heterocycles. The fraction of sp³-hybridized carbons (Fsp3) is 0.250. The summed E-state index contributed by atoms with van der Waals surface area (Å²) in [6.45, 7) is 0. The van der Waals surface area contributed by atoms with Crippen LogP contribution in [0, 0.1) is 5.82 Å². The van der Waals surface area contributed by atoms with Gasteiger partial charge in [0.1, 0.15) is 5.82 Å². The highest BCUT2D eigenvalue weighted by atomic mass is 79.9. The van der Waals surface area contributed by atoms with E-state index in [4.69, 9.17) is 11.6 Å². The molecule has 0 fully saturated rings. The van der Waals surface area contributed by atoms with Crippen molar-refractivity contribution in [2.24, 2.45) is 0 Å². The Morgan fingerprint density at radius 1 is 1.00 bits per heavy atom. The first-order chi connectivity index (χ1) is 10.0. The summed E-state index contributed by atoms with van der Waals surface area (Å²) in [5.41, 5.74) is 1.82. The number of alkyl halides is 2. The molecule has 0 radical (unpaired) electrons. The topological polar surface area (TPSA) is 0 Å². The molecule has 0 heterocycles. The van der Waals surface area contributed by atoms with Crippen molar-refractivity contribution in [3.8, 4) is 0 Å². The smallest absolute Gasteiger partial charge is 0.142 e. The third kappa shape index (κ3) is 3.90. The van der Waals surface area contributed by atoms with Gasteiger partial charge in [-0.1, -0.05) is 83.7 Å². The normalized spacial score (nSPS) is 11.7. The highest BCUT2D eigenvalue weighted by molar-refractivity contribution is 9.10. The van der Waals surface area contributed by atoms with E-state index >= 15 is 0 Å². The molecule has 21 heavy (non-hydrogen) atoms. The SMILES string of the molecule is Fc1cccc(CC(CBr)(CBr)c2ccc(Br)cc2)c1Cl. The highest BCUT2D eigenvalue weighted by Crippen LogP contribution is 2.35. The molecule has 0 unspecified atom stereocenters. The Labute approximate surface area is 154 Å². The Hall–Kier alpha value is 0.1000. The van der Waals surface area contributed by atoms with Gasteiger partial charge in [0, 0.05) is 20.5 Å². The minimum atomic E-state index is -0.372. The van der Waals surface area contributed by atoms with Gasteiger partial charge in [-0.25, -0.2) is 4.39 Å². The molecule has 0 aliphatic heterocycles. The molecule has 5 heteroatoms. The lowest BCUT2D eigenvalue weighted by Gasteiger charge is -2.31. The Balaban J connectivity index is 2.43. The summed E-state index contributed by atoms with van der Waals surface area (Å²) in [5, 5.41) is 1.71. The van der Waals surface area contributed by atoms with Gasteiger partial charge in [0.05, 0.1) is 5.02 Å². The maximum Gasteiger partial charge on any atom is 0.142 e. The number of hydrogen-bond donors (Lipinski definition) is 0. The van der Waals surface area contributed by atoms with Crippen LogP contribution in [0.25, 0.3) is 0 Å². The van der Waals surface area contributed by atoms with E-state index in [-0.39, 0.29) is 16.3 Å². The summed E-state index contributed by atoms with van der Waals surface area (Å²) in [4.78, 5) is 0. The predicted molar refractivity (Wildman–Crippen MR) is 98.5 cm³/mol. The van der Waals surface area contributed by atoms with E-state index in [9.17, 15) is 4.39 Å². The first kappa shape index (κ1) is 17.5. The number of rotatable bonds is 5. The molecular weight excluding hydrogens is 486 g/mol. The molecule has 0 spiro atoms. The number of benzene rings is 2. The maximum absolute atomic E-state index is 13.7. The largest absolute Gasteiger partial charge is 0.205 e. The van der Waals surface area contributed by atoms with E-state index in [1.807, 2.05) is 18.2 Å². The fourth-order valence-electron chi connectivity index (χ4n) is 2.24. The Morgan fingerprint density at radius 3 is 2.19 bits per heavy atom. The van der Waals surface area contributed by atoms with Gasteiger partial charge in [-0.3, -0.25) is 0 Å². The minimum absolute atomic E-state index is 0.182. The fourth-order valence-corrected chi connectivity index (χ4v) is 4.67. The first-order valence-corrected chi connectivity index (χ1v) is 9.74. The summed E-state index contributed by atoms with van der Waals surface area (Å²) < 4.78 is 14.7. The summed E-state index contributed by atoms with van der Waals surface area (Å²) >= 11 is 16.8. The van der Waals surface area contributed by atoms with Gasteiger partial charge in [0.2, 0.25) is 0 Å². The molecule has 0 amide bonds. The van der Waals surface area contributed by atoms with Crippen molar-refractivity contribution < 1.29 is 4.39 Å². The van der Waals surface area contributed by atoms with Crippen molar-refractivity contribution in [1.29, 1.82) is 0 Å².